The van der Waals surface area contributed by atoms with Crippen molar-refractivity contribution in [3.05, 3.63) is 158 Å². The summed E-state index contributed by atoms with van der Waals surface area (Å²) in [5.41, 5.74) is 5.60. The molecule has 0 bridgehead atoms. The molecular formula is C42H26N6S. The maximum absolute atomic E-state index is 5.06. The van der Waals surface area contributed by atoms with Gasteiger partial charge >= 0.3 is 0 Å². The summed E-state index contributed by atoms with van der Waals surface area (Å²) in [4.78, 5) is 29.9. The van der Waals surface area contributed by atoms with Gasteiger partial charge in [-0.05, 0) is 24.3 Å². The minimum atomic E-state index is 0.615. The van der Waals surface area contributed by atoms with Crippen LogP contribution < -0.4 is 0 Å². The Balaban J connectivity index is 1.25. The number of aromatic nitrogens is 6. The van der Waals surface area contributed by atoms with Crippen LogP contribution in [0.3, 0.4) is 0 Å². The molecule has 0 unspecified atom stereocenters. The lowest BCUT2D eigenvalue weighted by Crippen LogP contribution is -2.00. The molecule has 7 heteroatoms. The number of hydrogen-bond acceptors (Lipinski definition) is 7. The van der Waals surface area contributed by atoms with Gasteiger partial charge in [-0.15, -0.1) is 11.3 Å². The average molecular weight is 647 g/mol. The van der Waals surface area contributed by atoms with Gasteiger partial charge in [-0.2, -0.15) is 0 Å². The van der Waals surface area contributed by atoms with Gasteiger partial charge in [-0.3, -0.25) is 0 Å². The van der Waals surface area contributed by atoms with Gasteiger partial charge in [0.2, 0.25) is 0 Å². The molecule has 9 rings (SSSR count). The van der Waals surface area contributed by atoms with Crippen molar-refractivity contribution in [3.8, 4) is 68.3 Å². The molecule has 0 amide bonds. The summed E-state index contributed by atoms with van der Waals surface area (Å²) in [5, 5.41) is 2.19. The van der Waals surface area contributed by atoms with E-state index in [1.54, 1.807) is 11.3 Å². The summed E-state index contributed by atoms with van der Waals surface area (Å²) in [6.07, 6.45) is 0. The van der Waals surface area contributed by atoms with Gasteiger partial charge in [0.15, 0.2) is 34.9 Å². The van der Waals surface area contributed by atoms with Gasteiger partial charge in [-0.1, -0.05) is 133 Å². The Morgan fingerprint density at radius 2 is 0.714 bits per heavy atom. The molecule has 49 heavy (non-hydrogen) atoms. The van der Waals surface area contributed by atoms with Crippen molar-refractivity contribution in [2.24, 2.45) is 0 Å². The summed E-state index contributed by atoms with van der Waals surface area (Å²) in [6.45, 7) is 0. The Kier molecular flexibility index (Phi) is 7.22. The fourth-order valence-electron chi connectivity index (χ4n) is 6.02. The molecule has 0 aliphatic carbocycles. The Morgan fingerprint density at radius 1 is 0.306 bits per heavy atom. The Morgan fingerprint density at radius 3 is 1.16 bits per heavy atom. The van der Waals surface area contributed by atoms with E-state index in [0.29, 0.717) is 34.9 Å². The standard InChI is InChI=1S/C42H26N6S/c1-5-14-27(15-6-1)37-43-38(28-16-7-2-8-17-28)46-41(45-37)31-24-25-34-33(26-31)36-32(22-13-23-35(36)49-34)42-47-39(29-18-9-3-10-19-29)44-40(48-42)30-20-11-4-12-21-30/h1-26H. The zero-order valence-electron chi connectivity index (χ0n) is 26.1. The quantitative estimate of drug-likeness (QED) is 0.179. The van der Waals surface area contributed by atoms with Gasteiger partial charge in [0.1, 0.15) is 0 Å². The molecule has 6 nitrogen and oxygen atoms in total. The van der Waals surface area contributed by atoms with Crippen molar-refractivity contribution in [3.63, 3.8) is 0 Å². The topological polar surface area (TPSA) is 77.3 Å². The zero-order valence-corrected chi connectivity index (χ0v) is 26.9. The molecular weight excluding hydrogens is 621 g/mol. The van der Waals surface area contributed by atoms with E-state index in [4.69, 9.17) is 29.9 Å². The molecule has 0 radical (unpaired) electrons. The first-order valence-electron chi connectivity index (χ1n) is 16.0. The van der Waals surface area contributed by atoms with Crippen LogP contribution in [0, 0.1) is 0 Å². The van der Waals surface area contributed by atoms with E-state index in [2.05, 4.69) is 36.4 Å². The second-order valence-electron chi connectivity index (χ2n) is 11.6. The molecule has 0 saturated heterocycles. The van der Waals surface area contributed by atoms with Crippen molar-refractivity contribution in [1.82, 2.24) is 29.9 Å². The van der Waals surface area contributed by atoms with Gasteiger partial charge < -0.3 is 0 Å². The Labute approximate surface area is 286 Å². The number of benzene rings is 6. The minimum Gasteiger partial charge on any atom is -0.208 e. The van der Waals surface area contributed by atoms with Crippen LogP contribution in [0.5, 0.6) is 0 Å². The number of thiophene rings is 1. The lowest BCUT2D eigenvalue weighted by atomic mass is 10.0. The smallest absolute Gasteiger partial charge is 0.164 e. The lowest BCUT2D eigenvalue weighted by Gasteiger charge is -2.10. The first-order chi connectivity index (χ1) is 24.3. The molecule has 3 aromatic heterocycles. The minimum absolute atomic E-state index is 0.615. The first-order valence-corrected chi connectivity index (χ1v) is 16.8. The van der Waals surface area contributed by atoms with E-state index >= 15 is 0 Å². The van der Waals surface area contributed by atoms with Crippen molar-refractivity contribution < 1.29 is 0 Å². The van der Waals surface area contributed by atoms with Crippen molar-refractivity contribution in [1.29, 1.82) is 0 Å². The highest BCUT2D eigenvalue weighted by Crippen LogP contribution is 2.41. The molecule has 0 saturated carbocycles. The van der Waals surface area contributed by atoms with Gasteiger partial charge in [0.05, 0.1) is 0 Å². The zero-order chi connectivity index (χ0) is 32.6. The monoisotopic (exact) mass is 646 g/mol. The Hall–Kier alpha value is -6.44. The predicted molar refractivity (Wildman–Crippen MR) is 199 cm³/mol. The van der Waals surface area contributed by atoms with Crippen LogP contribution in [0.4, 0.5) is 0 Å². The largest absolute Gasteiger partial charge is 0.208 e. The van der Waals surface area contributed by atoms with E-state index in [1.165, 1.54) is 0 Å². The molecule has 9 aromatic rings. The van der Waals surface area contributed by atoms with E-state index in [9.17, 15) is 0 Å². The summed E-state index contributed by atoms with van der Waals surface area (Å²) < 4.78 is 2.31. The third-order valence-corrected chi connectivity index (χ3v) is 9.53. The molecule has 3 heterocycles. The van der Waals surface area contributed by atoms with Crippen LogP contribution in [-0.4, -0.2) is 29.9 Å². The van der Waals surface area contributed by atoms with E-state index in [0.717, 1.165) is 53.6 Å². The Bertz CT molecular complexity index is 2470. The molecule has 6 aromatic carbocycles. The van der Waals surface area contributed by atoms with Gasteiger partial charge in [-0.25, -0.2) is 29.9 Å². The van der Waals surface area contributed by atoms with Crippen LogP contribution in [0.2, 0.25) is 0 Å². The maximum atomic E-state index is 5.06. The third kappa shape index (κ3) is 5.52. The van der Waals surface area contributed by atoms with Crippen LogP contribution in [0.1, 0.15) is 0 Å². The van der Waals surface area contributed by atoms with Crippen LogP contribution in [-0.2, 0) is 0 Å². The van der Waals surface area contributed by atoms with Crippen molar-refractivity contribution in [2.75, 3.05) is 0 Å². The highest BCUT2D eigenvalue weighted by molar-refractivity contribution is 7.26. The first kappa shape index (κ1) is 28.8. The second kappa shape index (κ2) is 12.3. The van der Waals surface area contributed by atoms with E-state index < -0.39 is 0 Å². The van der Waals surface area contributed by atoms with Gasteiger partial charge in [0.25, 0.3) is 0 Å². The SMILES string of the molecule is c1ccc(-c2nc(-c3ccccc3)nc(-c3ccc4sc5cccc(-c6nc(-c7ccccc7)nc(-c7ccccc7)n6)c5c4c3)n2)cc1. The second-order valence-corrected chi connectivity index (χ2v) is 12.7. The van der Waals surface area contributed by atoms with Crippen molar-refractivity contribution in [2.45, 2.75) is 0 Å². The molecule has 0 N–H and O–H groups in total. The van der Waals surface area contributed by atoms with E-state index in [1.807, 2.05) is 121 Å². The van der Waals surface area contributed by atoms with Crippen LogP contribution in [0.15, 0.2) is 158 Å². The molecule has 230 valence electrons. The number of hydrogen-bond donors (Lipinski definition) is 0. The van der Waals surface area contributed by atoms with Crippen LogP contribution in [0.25, 0.3) is 88.5 Å². The lowest BCUT2D eigenvalue weighted by molar-refractivity contribution is 1.07. The fourth-order valence-corrected chi connectivity index (χ4v) is 7.13. The highest BCUT2D eigenvalue weighted by atomic mass is 32.1. The van der Waals surface area contributed by atoms with Crippen LogP contribution >= 0.6 is 11.3 Å². The molecule has 0 aliphatic heterocycles. The van der Waals surface area contributed by atoms with Crippen molar-refractivity contribution >= 4 is 31.5 Å². The normalized spacial score (nSPS) is 11.3. The number of nitrogens with zero attached hydrogens (tertiary/aromatic N) is 6. The summed E-state index contributed by atoms with van der Waals surface area (Å²) in [5.74, 6) is 3.77. The highest BCUT2D eigenvalue weighted by Gasteiger charge is 2.18. The summed E-state index contributed by atoms with van der Waals surface area (Å²) in [6, 6.07) is 53.0. The molecule has 0 spiro atoms. The third-order valence-electron chi connectivity index (χ3n) is 8.39. The van der Waals surface area contributed by atoms with Gasteiger partial charge in [0, 0.05) is 53.6 Å². The number of fused-ring (bicyclic) bond motifs is 3. The maximum Gasteiger partial charge on any atom is 0.164 e. The molecule has 0 fully saturated rings. The average Bonchev–Trinajstić information content (AvgIpc) is 3.57. The summed E-state index contributed by atoms with van der Waals surface area (Å²) in [7, 11) is 0. The fraction of sp³-hybridized carbons (Fsp3) is 0. The number of rotatable bonds is 6. The predicted octanol–water partition coefficient (Wildman–Crippen LogP) is 10.4. The molecule has 0 aliphatic rings. The summed E-state index contributed by atoms with van der Waals surface area (Å²) >= 11 is 1.75. The van der Waals surface area contributed by atoms with E-state index in [-0.39, 0.29) is 0 Å². The molecule has 0 atom stereocenters.